The molecule has 5 heteroatoms. The Morgan fingerprint density at radius 2 is 2.36 bits per heavy atom. The van der Waals surface area contributed by atoms with Crippen molar-refractivity contribution < 1.29 is 0 Å². The van der Waals surface area contributed by atoms with E-state index in [2.05, 4.69) is 27.8 Å². The van der Waals surface area contributed by atoms with Crippen molar-refractivity contribution in [3.05, 3.63) is 5.82 Å². The minimum Gasteiger partial charge on any atom is -0.311 e. The number of rotatable bonds is 4. The van der Waals surface area contributed by atoms with Gasteiger partial charge in [0, 0.05) is 6.54 Å². The third-order valence-electron chi connectivity index (χ3n) is 3.04. The SMILES string of the molecule is CNC(C)c1nnnn1CC1CCC1. The third kappa shape index (κ3) is 1.77. The van der Waals surface area contributed by atoms with Crippen molar-refractivity contribution in [2.45, 2.75) is 38.8 Å². The van der Waals surface area contributed by atoms with Crippen LogP contribution in [-0.2, 0) is 6.54 Å². The Morgan fingerprint density at radius 3 is 2.93 bits per heavy atom. The van der Waals surface area contributed by atoms with Gasteiger partial charge in [0.15, 0.2) is 5.82 Å². The van der Waals surface area contributed by atoms with E-state index in [1.807, 2.05) is 11.7 Å². The minimum atomic E-state index is 0.227. The molecule has 1 aromatic rings. The second-order valence-corrected chi connectivity index (χ2v) is 4.03. The van der Waals surface area contributed by atoms with Gasteiger partial charge in [-0.2, -0.15) is 0 Å². The summed E-state index contributed by atoms with van der Waals surface area (Å²) in [5.41, 5.74) is 0. The Morgan fingerprint density at radius 1 is 1.57 bits per heavy atom. The summed E-state index contributed by atoms with van der Waals surface area (Å²) in [6.45, 7) is 3.05. The average molecular weight is 195 g/mol. The summed E-state index contributed by atoms with van der Waals surface area (Å²) in [6, 6.07) is 0.227. The monoisotopic (exact) mass is 195 g/mol. The first-order chi connectivity index (χ1) is 6.81. The predicted octanol–water partition coefficient (Wildman–Crippen LogP) is 0.754. The fraction of sp³-hybridized carbons (Fsp3) is 0.889. The van der Waals surface area contributed by atoms with Gasteiger partial charge in [0.05, 0.1) is 6.04 Å². The molecule has 0 amide bonds. The van der Waals surface area contributed by atoms with Gasteiger partial charge < -0.3 is 5.32 Å². The quantitative estimate of drug-likeness (QED) is 0.770. The summed E-state index contributed by atoms with van der Waals surface area (Å²) in [7, 11) is 1.92. The van der Waals surface area contributed by atoms with Crippen molar-refractivity contribution in [1.82, 2.24) is 25.5 Å². The molecule has 0 radical (unpaired) electrons. The topological polar surface area (TPSA) is 55.6 Å². The number of aromatic nitrogens is 4. The molecule has 1 atom stereocenters. The third-order valence-corrected chi connectivity index (χ3v) is 3.04. The zero-order valence-electron chi connectivity index (χ0n) is 8.77. The maximum atomic E-state index is 4.04. The van der Waals surface area contributed by atoms with Crippen LogP contribution in [0.1, 0.15) is 38.1 Å². The van der Waals surface area contributed by atoms with E-state index >= 15 is 0 Å². The largest absolute Gasteiger partial charge is 0.311 e. The van der Waals surface area contributed by atoms with E-state index in [9.17, 15) is 0 Å². The van der Waals surface area contributed by atoms with Gasteiger partial charge >= 0.3 is 0 Å². The van der Waals surface area contributed by atoms with Crippen LogP contribution in [0.5, 0.6) is 0 Å². The second-order valence-electron chi connectivity index (χ2n) is 4.03. The molecule has 0 aliphatic heterocycles. The normalized spacial score (nSPS) is 19.3. The van der Waals surface area contributed by atoms with Crippen LogP contribution in [0.2, 0.25) is 0 Å². The molecule has 1 aliphatic rings. The maximum Gasteiger partial charge on any atom is 0.167 e. The highest BCUT2D eigenvalue weighted by Gasteiger charge is 2.21. The molecule has 1 saturated carbocycles. The Kier molecular flexibility index (Phi) is 2.77. The molecule has 78 valence electrons. The van der Waals surface area contributed by atoms with Crippen molar-refractivity contribution in [2.75, 3.05) is 7.05 Å². The van der Waals surface area contributed by atoms with Crippen LogP contribution in [-0.4, -0.2) is 27.3 Å². The van der Waals surface area contributed by atoms with E-state index in [4.69, 9.17) is 0 Å². The van der Waals surface area contributed by atoms with E-state index in [0.717, 1.165) is 18.3 Å². The molecule has 1 aliphatic carbocycles. The number of hydrogen-bond donors (Lipinski definition) is 1. The number of nitrogens with zero attached hydrogens (tertiary/aromatic N) is 4. The Balaban J connectivity index is 2.04. The first-order valence-corrected chi connectivity index (χ1v) is 5.24. The Bertz CT molecular complexity index is 291. The molecule has 1 N–H and O–H groups in total. The molecule has 1 unspecified atom stereocenters. The molecule has 1 heterocycles. The van der Waals surface area contributed by atoms with Gasteiger partial charge in [-0.15, -0.1) is 5.10 Å². The first-order valence-electron chi connectivity index (χ1n) is 5.24. The van der Waals surface area contributed by atoms with E-state index in [-0.39, 0.29) is 6.04 Å². The van der Waals surface area contributed by atoms with Gasteiger partial charge in [-0.3, -0.25) is 0 Å². The summed E-state index contributed by atoms with van der Waals surface area (Å²) in [5.74, 6) is 1.74. The highest BCUT2D eigenvalue weighted by molar-refractivity contribution is 4.89. The Labute approximate surface area is 83.9 Å². The molecule has 14 heavy (non-hydrogen) atoms. The highest BCUT2D eigenvalue weighted by Crippen LogP contribution is 2.28. The number of nitrogens with one attached hydrogen (secondary N) is 1. The fourth-order valence-corrected chi connectivity index (χ4v) is 1.70. The van der Waals surface area contributed by atoms with Gasteiger partial charge in [-0.25, -0.2) is 4.68 Å². The molecule has 0 bridgehead atoms. The molecule has 1 fully saturated rings. The molecule has 1 aromatic heterocycles. The average Bonchev–Trinajstić information content (AvgIpc) is 2.58. The van der Waals surface area contributed by atoms with Gasteiger partial charge in [-0.1, -0.05) is 6.42 Å². The number of tetrazole rings is 1. The minimum absolute atomic E-state index is 0.227. The maximum absolute atomic E-state index is 4.04. The van der Waals surface area contributed by atoms with Crippen LogP contribution >= 0.6 is 0 Å². The predicted molar refractivity (Wildman–Crippen MR) is 52.6 cm³/mol. The van der Waals surface area contributed by atoms with Gasteiger partial charge in [-0.05, 0) is 43.2 Å². The summed E-state index contributed by atoms with van der Waals surface area (Å²) in [4.78, 5) is 0. The summed E-state index contributed by atoms with van der Waals surface area (Å²) in [5, 5.41) is 14.9. The van der Waals surface area contributed by atoms with Gasteiger partial charge in [0.2, 0.25) is 0 Å². The van der Waals surface area contributed by atoms with Crippen LogP contribution in [0.15, 0.2) is 0 Å². The zero-order valence-corrected chi connectivity index (χ0v) is 8.77. The van der Waals surface area contributed by atoms with E-state index in [1.165, 1.54) is 19.3 Å². The van der Waals surface area contributed by atoms with E-state index in [0.29, 0.717) is 0 Å². The molecule has 0 saturated heterocycles. The van der Waals surface area contributed by atoms with Crippen LogP contribution in [0.3, 0.4) is 0 Å². The molecular formula is C9H17N5. The van der Waals surface area contributed by atoms with Crippen molar-refractivity contribution in [1.29, 1.82) is 0 Å². The lowest BCUT2D eigenvalue weighted by Gasteiger charge is -2.25. The van der Waals surface area contributed by atoms with Crippen LogP contribution in [0.25, 0.3) is 0 Å². The second kappa shape index (κ2) is 4.04. The summed E-state index contributed by atoms with van der Waals surface area (Å²) in [6.07, 6.45) is 4.02. The van der Waals surface area contributed by atoms with Crippen molar-refractivity contribution in [3.63, 3.8) is 0 Å². The summed E-state index contributed by atoms with van der Waals surface area (Å²) >= 11 is 0. The standard InChI is InChI=1S/C9H17N5/c1-7(10-2)9-11-12-13-14(9)6-8-4-3-5-8/h7-8,10H,3-6H2,1-2H3. The summed E-state index contributed by atoms with van der Waals surface area (Å²) < 4.78 is 1.94. The highest BCUT2D eigenvalue weighted by atomic mass is 15.5. The van der Waals surface area contributed by atoms with Crippen molar-refractivity contribution in [2.24, 2.45) is 5.92 Å². The smallest absolute Gasteiger partial charge is 0.167 e. The van der Waals surface area contributed by atoms with E-state index in [1.54, 1.807) is 0 Å². The molecule has 5 nitrogen and oxygen atoms in total. The van der Waals surface area contributed by atoms with Crippen molar-refractivity contribution in [3.8, 4) is 0 Å². The molecule has 2 rings (SSSR count). The van der Waals surface area contributed by atoms with Crippen molar-refractivity contribution >= 4 is 0 Å². The van der Waals surface area contributed by atoms with E-state index < -0.39 is 0 Å². The van der Waals surface area contributed by atoms with Crippen LogP contribution in [0.4, 0.5) is 0 Å². The number of hydrogen-bond acceptors (Lipinski definition) is 4. The lowest BCUT2D eigenvalue weighted by atomic mass is 9.85. The first kappa shape index (κ1) is 9.58. The lowest BCUT2D eigenvalue weighted by molar-refractivity contribution is 0.258. The molecular weight excluding hydrogens is 178 g/mol. The molecule has 0 aromatic carbocycles. The Hall–Kier alpha value is -0.970. The molecule has 0 spiro atoms. The van der Waals surface area contributed by atoms with Crippen LogP contribution in [0, 0.1) is 5.92 Å². The van der Waals surface area contributed by atoms with Crippen LogP contribution < -0.4 is 5.32 Å². The fourth-order valence-electron chi connectivity index (χ4n) is 1.70. The lowest BCUT2D eigenvalue weighted by Crippen LogP contribution is -2.24. The van der Waals surface area contributed by atoms with Gasteiger partial charge in [0.25, 0.3) is 0 Å². The van der Waals surface area contributed by atoms with Gasteiger partial charge in [0.1, 0.15) is 0 Å². The zero-order chi connectivity index (χ0) is 9.97.